The van der Waals surface area contributed by atoms with Crippen LogP contribution in [0.3, 0.4) is 0 Å². The molecule has 0 aromatic heterocycles. The molecular formula is C13H18N2O3S. The summed E-state index contributed by atoms with van der Waals surface area (Å²) in [5.41, 5.74) is 5.72. The van der Waals surface area contributed by atoms with Crippen molar-refractivity contribution in [2.24, 2.45) is 5.73 Å². The number of phenols is 1. The Morgan fingerprint density at radius 2 is 2.11 bits per heavy atom. The first-order chi connectivity index (χ1) is 9.06. The van der Waals surface area contributed by atoms with E-state index in [1.807, 2.05) is 0 Å². The van der Waals surface area contributed by atoms with Crippen molar-refractivity contribution in [2.45, 2.75) is 6.42 Å². The van der Waals surface area contributed by atoms with Crippen LogP contribution in [0.5, 0.6) is 5.75 Å². The van der Waals surface area contributed by atoms with Crippen LogP contribution < -0.4 is 5.73 Å². The van der Waals surface area contributed by atoms with Crippen LogP contribution in [0.15, 0.2) is 24.3 Å². The van der Waals surface area contributed by atoms with Gasteiger partial charge in [-0.15, -0.1) is 0 Å². The largest absolute Gasteiger partial charge is 0.507 e. The molecule has 5 nitrogen and oxygen atoms in total. The van der Waals surface area contributed by atoms with Gasteiger partial charge in [0.05, 0.1) is 17.2 Å². The van der Waals surface area contributed by atoms with E-state index in [1.165, 1.54) is 6.07 Å². The number of aromatic hydroxyl groups is 1. The van der Waals surface area contributed by atoms with E-state index in [9.17, 15) is 9.90 Å². The third-order valence-electron chi connectivity index (χ3n) is 2.62. The second kappa shape index (κ2) is 7.70. The quantitative estimate of drug-likeness (QED) is 0.734. The number of nitrogens with two attached hydrogens (primary N) is 1. The van der Waals surface area contributed by atoms with Gasteiger partial charge in [-0.25, -0.2) is 0 Å². The first kappa shape index (κ1) is 15.4. The van der Waals surface area contributed by atoms with E-state index in [4.69, 9.17) is 22.7 Å². The average Bonchev–Trinajstić information content (AvgIpc) is 2.38. The zero-order valence-corrected chi connectivity index (χ0v) is 11.7. The first-order valence-electron chi connectivity index (χ1n) is 5.90. The van der Waals surface area contributed by atoms with Crippen LogP contribution in [0.2, 0.25) is 0 Å². The third kappa shape index (κ3) is 4.84. The van der Waals surface area contributed by atoms with E-state index >= 15 is 0 Å². The summed E-state index contributed by atoms with van der Waals surface area (Å²) in [7, 11) is 1.57. The molecule has 1 aromatic rings. The Morgan fingerprint density at radius 1 is 1.42 bits per heavy atom. The van der Waals surface area contributed by atoms with Crippen molar-refractivity contribution in [1.82, 2.24) is 4.90 Å². The van der Waals surface area contributed by atoms with Crippen LogP contribution in [-0.4, -0.2) is 47.7 Å². The van der Waals surface area contributed by atoms with Crippen molar-refractivity contribution >= 4 is 23.1 Å². The fourth-order valence-electron chi connectivity index (χ4n) is 1.59. The highest BCUT2D eigenvalue weighted by molar-refractivity contribution is 7.80. The maximum atomic E-state index is 12.3. The molecule has 3 N–H and O–H groups in total. The van der Waals surface area contributed by atoms with Gasteiger partial charge in [0.1, 0.15) is 5.75 Å². The molecule has 19 heavy (non-hydrogen) atoms. The zero-order chi connectivity index (χ0) is 14.3. The normalized spacial score (nSPS) is 10.2. The highest BCUT2D eigenvalue weighted by Gasteiger charge is 2.18. The lowest BCUT2D eigenvalue weighted by atomic mass is 10.1. The summed E-state index contributed by atoms with van der Waals surface area (Å²) in [6.45, 7) is 1.24. The molecule has 6 heteroatoms. The summed E-state index contributed by atoms with van der Waals surface area (Å²) in [6, 6.07) is 6.43. The minimum atomic E-state index is -0.258. The van der Waals surface area contributed by atoms with Gasteiger partial charge in [-0.3, -0.25) is 4.79 Å². The van der Waals surface area contributed by atoms with Crippen molar-refractivity contribution in [3.8, 4) is 5.75 Å². The molecule has 104 valence electrons. The standard InChI is InChI=1S/C13H18N2O3S/c1-18-9-8-15(7-6-12(14)19)13(17)10-4-2-3-5-11(10)16/h2-5,16H,6-9H2,1H3,(H2,14,19). The molecule has 0 spiro atoms. The predicted octanol–water partition coefficient (Wildman–Crippen LogP) is 1.16. The second-order valence-electron chi connectivity index (χ2n) is 4.02. The lowest BCUT2D eigenvalue weighted by Crippen LogP contribution is -2.36. The van der Waals surface area contributed by atoms with Crippen molar-refractivity contribution in [2.75, 3.05) is 26.8 Å². The maximum absolute atomic E-state index is 12.3. The van der Waals surface area contributed by atoms with Gasteiger partial charge in [0.25, 0.3) is 5.91 Å². The van der Waals surface area contributed by atoms with Gasteiger partial charge >= 0.3 is 0 Å². The van der Waals surface area contributed by atoms with E-state index in [0.717, 1.165) is 0 Å². The van der Waals surface area contributed by atoms with Crippen LogP contribution in [-0.2, 0) is 4.74 Å². The molecule has 0 heterocycles. The van der Waals surface area contributed by atoms with E-state index < -0.39 is 0 Å². The summed E-state index contributed by atoms with van der Waals surface area (Å²) >= 11 is 4.81. The first-order valence-corrected chi connectivity index (χ1v) is 6.31. The SMILES string of the molecule is COCCN(CCC(N)=S)C(=O)c1ccccc1O. The van der Waals surface area contributed by atoms with Crippen molar-refractivity contribution in [1.29, 1.82) is 0 Å². The van der Waals surface area contributed by atoms with Gasteiger partial charge in [-0.2, -0.15) is 0 Å². The lowest BCUT2D eigenvalue weighted by Gasteiger charge is -2.22. The monoisotopic (exact) mass is 282 g/mol. The number of hydrogen-bond donors (Lipinski definition) is 2. The Kier molecular flexibility index (Phi) is 6.24. The maximum Gasteiger partial charge on any atom is 0.257 e. The van der Waals surface area contributed by atoms with Crippen LogP contribution in [0.25, 0.3) is 0 Å². The minimum Gasteiger partial charge on any atom is -0.507 e. The van der Waals surface area contributed by atoms with Crippen LogP contribution in [0, 0.1) is 0 Å². The van der Waals surface area contributed by atoms with E-state index in [-0.39, 0.29) is 17.2 Å². The number of carbonyl (C=O) groups is 1. The highest BCUT2D eigenvalue weighted by atomic mass is 32.1. The van der Waals surface area contributed by atoms with E-state index in [0.29, 0.717) is 31.1 Å². The number of benzene rings is 1. The smallest absolute Gasteiger partial charge is 0.257 e. The summed E-state index contributed by atoms with van der Waals surface area (Å²) in [4.78, 5) is 14.2. The number of carbonyl (C=O) groups excluding carboxylic acids is 1. The van der Waals surface area contributed by atoms with Crippen LogP contribution in [0.4, 0.5) is 0 Å². The molecule has 0 saturated carbocycles. The number of methoxy groups -OCH3 is 1. The van der Waals surface area contributed by atoms with Crippen molar-refractivity contribution in [3.63, 3.8) is 0 Å². The number of ether oxygens (including phenoxy) is 1. The van der Waals surface area contributed by atoms with Crippen LogP contribution >= 0.6 is 12.2 Å². The van der Waals surface area contributed by atoms with Gasteiger partial charge in [-0.1, -0.05) is 24.4 Å². The summed E-state index contributed by atoms with van der Waals surface area (Å²) in [6.07, 6.45) is 0.443. The summed E-state index contributed by atoms with van der Waals surface area (Å²) < 4.78 is 4.97. The molecule has 0 aliphatic rings. The topological polar surface area (TPSA) is 75.8 Å². The third-order valence-corrected chi connectivity index (χ3v) is 2.82. The number of amides is 1. The molecule has 0 bridgehead atoms. The summed E-state index contributed by atoms with van der Waals surface area (Å²) in [5.74, 6) is -0.295. The molecule has 1 amide bonds. The fraction of sp³-hybridized carbons (Fsp3) is 0.385. The van der Waals surface area contributed by atoms with Gasteiger partial charge in [0.15, 0.2) is 0 Å². The Hall–Kier alpha value is -1.66. The molecule has 0 saturated heterocycles. The molecule has 0 atom stereocenters. The number of nitrogens with zero attached hydrogens (tertiary/aromatic N) is 1. The Balaban J connectivity index is 2.81. The van der Waals surface area contributed by atoms with Crippen LogP contribution in [0.1, 0.15) is 16.8 Å². The zero-order valence-electron chi connectivity index (χ0n) is 10.8. The Morgan fingerprint density at radius 3 is 2.68 bits per heavy atom. The molecule has 0 unspecified atom stereocenters. The average molecular weight is 282 g/mol. The number of phenolic OH excluding ortho intramolecular Hbond substituents is 1. The van der Waals surface area contributed by atoms with Gasteiger partial charge < -0.3 is 20.5 Å². The minimum absolute atomic E-state index is 0.0368. The molecule has 0 radical (unpaired) electrons. The van der Waals surface area contributed by atoms with Crippen molar-refractivity contribution in [3.05, 3.63) is 29.8 Å². The molecule has 1 rings (SSSR count). The number of thiocarbonyl (C=S) groups is 1. The number of rotatable bonds is 7. The molecule has 0 aliphatic heterocycles. The second-order valence-corrected chi connectivity index (χ2v) is 4.54. The Bertz CT molecular complexity index is 451. The highest BCUT2D eigenvalue weighted by Crippen LogP contribution is 2.17. The lowest BCUT2D eigenvalue weighted by molar-refractivity contribution is 0.0698. The molecule has 0 fully saturated rings. The van der Waals surface area contributed by atoms with Crippen molar-refractivity contribution < 1.29 is 14.6 Å². The predicted molar refractivity (Wildman–Crippen MR) is 77.3 cm³/mol. The summed E-state index contributed by atoms with van der Waals surface area (Å²) in [5, 5.41) is 9.70. The molecule has 1 aromatic carbocycles. The Labute approximate surface area is 118 Å². The number of hydrogen-bond acceptors (Lipinski definition) is 4. The van der Waals surface area contributed by atoms with Gasteiger partial charge in [0.2, 0.25) is 0 Å². The number of para-hydroxylation sites is 1. The molecular weight excluding hydrogens is 264 g/mol. The van der Waals surface area contributed by atoms with Gasteiger partial charge in [0, 0.05) is 26.6 Å². The fourth-order valence-corrected chi connectivity index (χ4v) is 1.68. The van der Waals surface area contributed by atoms with Gasteiger partial charge in [-0.05, 0) is 12.1 Å². The van der Waals surface area contributed by atoms with E-state index in [2.05, 4.69) is 0 Å². The molecule has 0 aliphatic carbocycles. The van der Waals surface area contributed by atoms with E-state index in [1.54, 1.807) is 30.2 Å².